The summed E-state index contributed by atoms with van der Waals surface area (Å²) in [5, 5.41) is 3.25. The molecule has 1 aliphatic heterocycles. The molecule has 2 aliphatic rings. The lowest BCUT2D eigenvalue weighted by Crippen LogP contribution is -2.28. The Balaban J connectivity index is 1.37. The zero-order valence-corrected chi connectivity index (χ0v) is 16.6. The Morgan fingerprint density at radius 3 is 2.75 bits per heavy atom. The molecule has 0 bridgehead atoms. The van der Waals surface area contributed by atoms with E-state index in [1.165, 1.54) is 25.7 Å². The number of aromatic nitrogens is 3. The normalized spacial score (nSPS) is 19.9. The van der Waals surface area contributed by atoms with Crippen molar-refractivity contribution in [2.24, 2.45) is 5.92 Å². The van der Waals surface area contributed by atoms with Gasteiger partial charge in [0.2, 0.25) is 11.9 Å². The van der Waals surface area contributed by atoms with Crippen LogP contribution >= 0.6 is 0 Å². The van der Waals surface area contributed by atoms with Gasteiger partial charge in [0.05, 0.1) is 0 Å². The van der Waals surface area contributed by atoms with Gasteiger partial charge in [-0.3, -0.25) is 9.78 Å². The second-order valence-corrected chi connectivity index (χ2v) is 8.13. The summed E-state index contributed by atoms with van der Waals surface area (Å²) >= 11 is 0. The van der Waals surface area contributed by atoms with Gasteiger partial charge >= 0.3 is 0 Å². The molecule has 1 N–H and O–H groups in total. The van der Waals surface area contributed by atoms with Gasteiger partial charge in [-0.15, -0.1) is 0 Å². The van der Waals surface area contributed by atoms with E-state index in [4.69, 9.17) is 4.98 Å². The van der Waals surface area contributed by atoms with Crippen LogP contribution in [0.5, 0.6) is 0 Å². The fourth-order valence-corrected chi connectivity index (χ4v) is 4.48. The summed E-state index contributed by atoms with van der Waals surface area (Å²) in [4.78, 5) is 27.9. The van der Waals surface area contributed by atoms with E-state index in [2.05, 4.69) is 21.4 Å². The molecule has 1 aliphatic carbocycles. The molecule has 2 aromatic heterocycles. The quantitative estimate of drug-likeness (QED) is 0.814. The predicted molar refractivity (Wildman–Crippen MR) is 109 cm³/mol. The van der Waals surface area contributed by atoms with Crippen LogP contribution in [0.2, 0.25) is 0 Å². The molecule has 0 aromatic carbocycles. The highest BCUT2D eigenvalue weighted by atomic mass is 16.2. The third kappa shape index (κ3) is 4.66. The van der Waals surface area contributed by atoms with Gasteiger partial charge in [-0.1, -0.05) is 25.7 Å². The number of aryl methyl sites for hydroxylation is 1. The summed E-state index contributed by atoms with van der Waals surface area (Å²) in [6.07, 6.45) is 11.5. The number of carbonyl (C=O) groups excluding carboxylic acids is 1. The molecule has 148 valence electrons. The van der Waals surface area contributed by atoms with Crippen molar-refractivity contribution in [1.29, 1.82) is 0 Å². The van der Waals surface area contributed by atoms with Gasteiger partial charge in [-0.2, -0.15) is 0 Å². The Morgan fingerprint density at radius 2 is 1.96 bits per heavy atom. The van der Waals surface area contributed by atoms with Crippen molar-refractivity contribution in [3.8, 4) is 0 Å². The Kier molecular flexibility index (Phi) is 5.84. The number of nitrogens with one attached hydrogen (secondary N) is 1. The maximum atomic E-state index is 12.6. The number of hydrogen-bond donors (Lipinski definition) is 1. The number of rotatable bonds is 6. The Labute approximate surface area is 166 Å². The highest BCUT2D eigenvalue weighted by Crippen LogP contribution is 2.31. The minimum Gasteiger partial charge on any atom is -0.342 e. The van der Waals surface area contributed by atoms with Crippen molar-refractivity contribution >= 4 is 17.5 Å². The summed E-state index contributed by atoms with van der Waals surface area (Å²) < 4.78 is 0. The molecule has 4 rings (SSSR count). The second-order valence-electron chi connectivity index (χ2n) is 8.13. The van der Waals surface area contributed by atoms with Crippen LogP contribution in [0, 0.1) is 12.8 Å². The van der Waals surface area contributed by atoms with Crippen LogP contribution in [-0.2, 0) is 4.79 Å². The fraction of sp³-hybridized carbons (Fsp3) is 0.545. The molecule has 1 atom stereocenters. The smallest absolute Gasteiger partial charge is 0.227 e. The largest absolute Gasteiger partial charge is 0.342 e. The number of anilines is 2. The second kappa shape index (κ2) is 8.67. The van der Waals surface area contributed by atoms with Crippen molar-refractivity contribution in [2.75, 3.05) is 18.4 Å². The molecule has 6 heteroatoms. The summed E-state index contributed by atoms with van der Waals surface area (Å²) in [6.45, 7) is 3.62. The van der Waals surface area contributed by atoms with E-state index < -0.39 is 0 Å². The van der Waals surface area contributed by atoms with Crippen LogP contribution in [0.15, 0.2) is 30.6 Å². The molecular formula is C22H29N5O. The van der Waals surface area contributed by atoms with Crippen LogP contribution in [-0.4, -0.2) is 38.8 Å². The minimum atomic E-state index is 0.299. The number of amides is 1. The van der Waals surface area contributed by atoms with Crippen LogP contribution in [0.3, 0.4) is 0 Å². The third-order valence-corrected chi connectivity index (χ3v) is 6.00. The van der Waals surface area contributed by atoms with Crippen LogP contribution in [0.1, 0.15) is 62.3 Å². The molecule has 0 unspecified atom stereocenters. The molecule has 2 fully saturated rings. The number of pyridine rings is 1. The number of hydrogen-bond acceptors (Lipinski definition) is 5. The lowest BCUT2D eigenvalue weighted by atomic mass is 10.0. The zero-order chi connectivity index (χ0) is 19.3. The Hall–Kier alpha value is -2.50. The first-order valence-electron chi connectivity index (χ1n) is 10.5. The topological polar surface area (TPSA) is 71.0 Å². The number of likely N-dealkylation sites (tertiary alicyclic amines) is 1. The molecule has 0 spiro atoms. The van der Waals surface area contributed by atoms with E-state index in [1.54, 1.807) is 18.5 Å². The number of carbonyl (C=O) groups is 1. The van der Waals surface area contributed by atoms with E-state index in [9.17, 15) is 4.79 Å². The van der Waals surface area contributed by atoms with E-state index in [0.717, 1.165) is 48.9 Å². The standard InChI is InChI=1S/C22H29N5O/c1-16-13-19(26-22-23-10-4-11-24-22)14-20(25-16)18-9-12-27(15-18)21(28)8-7-17-5-2-3-6-17/h4,10-11,13-14,17-18H,2-3,5-9,12,15H2,1H3,(H,23,24,25,26)/t18-/m0/s1. The lowest BCUT2D eigenvalue weighted by molar-refractivity contribution is -0.130. The first-order valence-corrected chi connectivity index (χ1v) is 10.5. The SMILES string of the molecule is Cc1cc(Nc2ncccn2)cc([C@H]2CCN(C(=O)CCC3CCCC3)C2)n1. The van der Waals surface area contributed by atoms with Crippen molar-refractivity contribution in [2.45, 2.75) is 57.8 Å². The molecule has 6 nitrogen and oxygen atoms in total. The molecule has 2 aromatic rings. The third-order valence-electron chi connectivity index (χ3n) is 6.00. The summed E-state index contributed by atoms with van der Waals surface area (Å²) in [6, 6.07) is 5.87. The van der Waals surface area contributed by atoms with E-state index in [0.29, 0.717) is 24.2 Å². The van der Waals surface area contributed by atoms with Gasteiger partial charge in [0.15, 0.2) is 0 Å². The van der Waals surface area contributed by atoms with Crippen LogP contribution in [0.4, 0.5) is 11.6 Å². The Bertz CT molecular complexity index is 804. The van der Waals surface area contributed by atoms with Crippen molar-refractivity contribution in [3.63, 3.8) is 0 Å². The van der Waals surface area contributed by atoms with Crippen LogP contribution in [0.25, 0.3) is 0 Å². The van der Waals surface area contributed by atoms with Crippen LogP contribution < -0.4 is 5.32 Å². The van der Waals surface area contributed by atoms with E-state index >= 15 is 0 Å². The van der Waals surface area contributed by atoms with E-state index in [-0.39, 0.29) is 0 Å². The Morgan fingerprint density at radius 1 is 1.18 bits per heavy atom. The average molecular weight is 380 g/mol. The van der Waals surface area contributed by atoms with Gasteiger partial charge in [0.25, 0.3) is 0 Å². The minimum absolute atomic E-state index is 0.299. The lowest BCUT2D eigenvalue weighted by Gasteiger charge is -2.18. The molecule has 1 saturated heterocycles. The fourth-order valence-electron chi connectivity index (χ4n) is 4.48. The van der Waals surface area contributed by atoms with Crippen molar-refractivity contribution in [1.82, 2.24) is 19.9 Å². The van der Waals surface area contributed by atoms with Crippen molar-refractivity contribution in [3.05, 3.63) is 42.0 Å². The molecule has 28 heavy (non-hydrogen) atoms. The van der Waals surface area contributed by atoms with Gasteiger partial charge < -0.3 is 10.2 Å². The summed E-state index contributed by atoms with van der Waals surface area (Å²) in [7, 11) is 0. The van der Waals surface area contributed by atoms with Gasteiger partial charge in [-0.25, -0.2) is 9.97 Å². The number of nitrogens with zero attached hydrogens (tertiary/aromatic N) is 4. The first kappa shape index (κ1) is 18.8. The predicted octanol–water partition coefficient (Wildman–Crippen LogP) is 4.21. The maximum absolute atomic E-state index is 12.6. The first-order chi connectivity index (χ1) is 13.7. The van der Waals surface area contributed by atoms with Gasteiger partial charge in [0.1, 0.15) is 0 Å². The highest BCUT2D eigenvalue weighted by molar-refractivity contribution is 5.76. The van der Waals surface area contributed by atoms with Crippen molar-refractivity contribution < 1.29 is 4.79 Å². The van der Waals surface area contributed by atoms with Gasteiger partial charge in [0, 0.05) is 54.9 Å². The average Bonchev–Trinajstić information content (AvgIpc) is 3.39. The van der Waals surface area contributed by atoms with Gasteiger partial charge in [-0.05, 0) is 43.9 Å². The summed E-state index contributed by atoms with van der Waals surface area (Å²) in [5.74, 6) is 1.97. The summed E-state index contributed by atoms with van der Waals surface area (Å²) in [5.41, 5.74) is 2.95. The molecule has 0 radical (unpaired) electrons. The highest BCUT2D eigenvalue weighted by Gasteiger charge is 2.29. The van der Waals surface area contributed by atoms with E-state index in [1.807, 2.05) is 17.9 Å². The molecule has 1 amide bonds. The molecule has 1 saturated carbocycles. The molecule has 3 heterocycles. The zero-order valence-electron chi connectivity index (χ0n) is 16.6. The maximum Gasteiger partial charge on any atom is 0.227 e. The molecular weight excluding hydrogens is 350 g/mol. The monoisotopic (exact) mass is 379 g/mol.